The molecule has 0 aliphatic carbocycles. The Kier molecular flexibility index (Phi) is 5.14. The van der Waals surface area contributed by atoms with E-state index in [1.807, 2.05) is 56.3 Å². The van der Waals surface area contributed by atoms with Gasteiger partial charge in [-0.15, -0.1) is 0 Å². The van der Waals surface area contributed by atoms with Gasteiger partial charge in [0.1, 0.15) is 11.4 Å². The number of rotatable bonds is 6. The van der Waals surface area contributed by atoms with Crippen LogP contribution < -0.4 is 10.1 Å². The molecule has 5 nitrogen and oxygen atoms in total. The third-order valence-electron chi connectivity index (χ3n) is 3.85. The van der Waals surface area contributed by atoms with Crippen molar-refractivity contribution < 1.29 is 9.53 Å². The zero-order chi connectivity index (χ0) is 17.6. The Labute approximate surface area is 147 Å². The minimum Gasteiger partial charge on any atom is -0.471 e. The average molecular weight is 335 g/mol. The lowest BCUT2D eigenvalue weighted by Gasteiger charge is -2.09. The highest BCUT2D eigenvalue weighted by Gasteiger charge is 2.09. The van der Waals surface area contributed by atoms with Gasteiger partial charge in [-0.25, -0.2) is 4.68 Å². The summed E-state index contributed by atoms with van der Waals surface area (Å²) in [6.07, 6.45) is 1.74. The second-order valence-electron chi connectivity index (χ2n) is 5.95. The van der Waals surface area contributed by atoms with Gasteiger partial charge in [-0.05, 0) is 37.1 Å². The first-order valence-electron chi connectivity index (χ1n) is 8.17. The summed E-state index contributed by atoms with van der Waals surface area (Å²) in [6, 6.07) is 17.5. The fraction of sp³-hybridized carbons (Fsp3) is 0.200. The van der Waals surface area contributed by atoms with Gasteiger partial charge in [-0.1, -0.05) is 48.0 Å². The lowest BCUT2D eigenvalue weighted by atomic mass is 10.1. The second kappa shape index (κ2) is 7.66. The van der Waals surface area contributed by atoms with Crippen LogP contribution in [0.4, 0.5) is 0 Å². The van der Waals surface area contributed by atoms with E-state index in [1.54, 1.807) is 16.9 Å². The molecule has 1 amide bonds. The van der Waals surface area contributed by atoms with Crippen LogP contribution in [0, 0.1) is 13.8 Å². The number of amides is 1. The maximum atomic E-state index is 12.2. The smallest absolute Gasteiger partial charge is 0.272 e. The van der Waals surface area contributed by atoms with Crippen molar-refractivity contribution in [2.45, 2.75) is 27.1 Å². The summed E-state index contributed by atoms with van der Waals surface area (Å²) in [4.78, 5) is 12.2. The summed E-state index contributed by atoms with van der Waals surface area (Å²) in [5.74, 6) is 0.616. The van der Waals surface area contributed by atoms with Crippen LogP contribution in [0.15, 0.2) is 60.8 Å². The molecular weight excluding hydrogens is 314 g/mol. The molecule has 0 saturated heterocycles. The van der Waals surface area contributed by atoms with E-state index in [-0.39, 0.29) is 12.6 Å². The Morgan fingerprint density at radius 1 is 1.12 bits per heavy atom. The first-order chi connectivity index (χ1) is 12.1. The van der Waals surface area contributed by atoms with Crippen LogP contribution in [0.5, 0.6) is 5.75 Å². The number of nitrogens with one attached hydrogen (secondary N) is 1. The van der Waals surface area contributed by atoms with Gasteiger partial charge in [0.15, 0.2) is 6.73 Å². The monoisotopic (exact) mass is 335 g/mol. The number of aryl methyl sites for hydroxylation is 2. The predicted octanol–water partition coefficient (Wildman–Crippen LogP) is 3.47. The molecule has 2 aromatic carbocycles. The van der Waals surface area contributed by atoms with E-state index in [4.69, 9.17) is 4.74 Å². The molecule has 3 rings (SSSR count). The molecule has 0 radical (unpaired) electrons. The van der Waals surface area contributed by atoms with Crippen LogP contribution in [0.1, 0.15) is 27.2 Å². The molecule has 3 aromatic rings. The number of nitrogens with zero attached hydrogens (tertiary/aromatic N) is 2. The Hall–Kier alpha value is -3.08. The lowest BCUT2D eigenvalue weighted by Crippen LogP contribution is -2.23. The van der Waals surface area contributed by atoms with Crippen molar-refractivity contribution in [2.24, 2.45) is 0 Å². The molecule has 25 heavy (non-hydrogen) atoms. The predicted molar refractivity (Wildman–Crippen MR) is 96.4 cm³/mol. The summed E-state index contributed by atoms with van der Waals surface area (Å²) in [7, 11) is 0. The summed E-state index contributed by atoms with van der Waals surface area (Å²) < 4.78 is 7.38. The topological polar surface area (TPSA) is 56.1 Å². The van der Waals surface area contributed by atoms with Crippen LogP contribution in [-0.2, 0) is 13.3 Å². The first kappa shape index (κ1) is 16.8. The quantitative estimate of drug-likeness (QED) is 0.750. The number of aromatic nitrogens is 2. The van der Waals surface area contributed by atoms with Gasteiger partial charge in [0, 0.05) is 12.7 Å². The molecule has 0 aliphatic heterocycles. The molecule has 1 N–H and O–H groups in total. The summed E-state index contributed by atoms with van der Waals surface area (Å²) >= 11 is 0. The molecule has 5 heteroatoms. The third-order valence-corrected chi connectivity index (χ3v) is 3.85. The molecule has 0 atom stereocenters. The standard InChI is InChI=1S/C20H21N3O2/c1-15-8-9-19(16(2)12-15)25-14-23-11-10-18(22-23)20(24)21-13-17-6-4-3-5-7-17/h3-12H,13-14H2,1-2H3,(H,21,24). The molecule has 0 saturated carbocycles. The highest BCUT2D eigenvalue weighted by atomic mass is 16.5. The van der Waals surface area contributed by atoms with E-state index in [2.05, 4.69) is 16.5 Å². The van der Waals surface area contributed by atoms with Crippen molar-refractivity contribution in [1.82, 2.24) is 15.1 Å². The van der Waals surface area contributed by atoms with Crippen molar-refractivity contribution in [3.63, 3.8) is 0 Å². The molecule has 0 fully saturated rings. The number of carbonyl (C=O) groups is 1. The minimum absolute atomic E-state index is 0.200. The molecular formula is C20H21N3O2. The molecule has 0 spiro atoms. The third kappa shape index (κ3) is 4.47. The minimum atomic E-state index is -0.200. The maximum absolute atomic E-state index is 12.2. The SMILES string of the molecule is Cc1ccc(OCn2ccc(C(=O)NCc3ccccc3)n2)c(C)c1. The van der Waals surface area contributed by atoms with Crippen LogP contribution >= 0.6 is 0 Å². The maximum Gasteiger partial charge on any atom is 0.272 e. The second-order valence-corrected chi connectivity index (χ2v) is 5.95. The molecule has 0 unspecified atom stereocenters. The summed E-state index contributed by atoms with van der Waals surface area (Å²) in [5.41, 5.74) is 3.70. The Bertz CT molecular complexity index is 856. The molecule has 1 aromatic heterocycles. The average Bonchev–Trinajstić information content (AvgIpc) is 3.09. The van der Waals surface area contributed by atoms with E-state index in [9.17, 15) is 4.79 Å². The van der Waals surface area contributed by atoms with Gasteiger partial charge >= 0.3 is 0 Å². The van der Waals surface area contributed by atoms with E-state index >= 15 is 0 Å². The van der Waals surface area contributed by atoms with Crippen LogP contribution in [0.2, 0.25) is 0 Å². The zero-order valence-corrected chi connectivity index (χ0v) is 14.4. The zero-order valence-electron chi connectivity index (χ0n) is 14.4. The van der Waals surface area contributed by atoms with Crippen molar-refractivity contribution in [2.75, 3.05) is 0 Å². The van der Waals surface area contributed by atoms with Crippen LogP contribution in [0.25, 0.3) is 0 Å². The van der Waals surface area contributed by atoms with Gasteiger partial charge in [-0.3, -0.25) is 4.79 Å². The van der Waals surface area contributed by atoms with E-state index in [0.717, 1.165) is 16.9 Å². The number of benzene rings is 2. The highest BCUT2D eigenvalue weighted by Crippen LogP contribution is 2.19. The molecule has 0 aliphatic rings. The van der Waals surface area contributed by atoms with Gasteiger partial charge in [-0.2, -0.15) is 5.10 Å². The van der Waals surface area contributed by atoms with E-state index < -0.39 is 0 Å². The normalized spacial score (nSPS) is 10.5. The number of hydrogen-bond acceptors (Lipinski definition) is 3. The number of hydrogen-bond donors (Lipinski definition) is 1. The van der Waals surface area contributed by atoms with Crippen LogP contribution in [-0.4, -0.2) is 15.7 Å². The van der Waals surface area contributed by atoms with Crippen molar-refractivity contribution >= 4 is 5.91 Å². The van der Waals surface area contributed by atoms with E-state index in [0.29, 0.717) is 12.2 Å². The molecule has 128 valence electrons. The summed E-state index contributed by atoms with van der Waals surface area (Å²) in [6.45, 7) is 4.79. The van der Waals surface area contributed by atoms with Gasteiger partial charge < -0.3 is 10.1 Å². The molecule has 1 heterocycles. The first-order valence-corrected chi connectivity index (χ1v) is 8.17. The Morgan fingerprint density at radius 2 is 1.92 bits per heavy atom. The van der Waals surface area contributed by atoms with E-state index in [1.165, 1.54) is 5.56 Å². The lowest BCUT2D eigenvalue weighted by molar-refractivity contribution is 0.0944. The fourth-order valence-electron chi connectivity index (χ4n) is 2.52. The fourth-order valence-corrected chi connectivity index (χ4v) is 2.52. The van der Waals surface area contributed by atoms with Gasteiger partial charge in [0.2, 0.25) is 0 Å². The van der Waals surface area contributed by atoms with Crippen molar-refractivity contribution in [3.05, 3.63) is 83.2 Å². The highest BCUT2D eigenvalue weighted by molar-refractivity contribution is 5.92. The van der Waals surface area contributed by atoms with Crippen LogP contribution in [0.3, 0.4) is 0 Å². The number of ether oxygens (including phenoxy) is 1. The Morgan fingerprint density at radius 3 is 2.68 bits per heavy atom. The largest absolute Gasteiger partial charge is 0.471 e. The van der Waals surface area contributed by atoms with Crippen molar-refractivity contribution in [1.29, 1.82) is 0 Å². The Balaban J connectivity index is 1.55. The summed E-state index contributed by atoms with van der Waals surface area (Å²) in [5, 5.41) is 7.13. The van der Waals surface area contributed by atoms with Gasteiger partial charge in [0.05, 0.1) is 0 Å². The van der Waals surface area contributed by atoms with Gasteiger partial charge in [0.25, 0.3) is 5.91 Å². The van der Waals surface area contributed by atoms with Crippen molar-refractivity contribution in [3.8, 4) is 5.75 Å². The number of carbonyl (C=O) groups excluding carboxylic acids is 1. The molecule has 0 bridgehead atoms.